The Bertz CT molecular complexity index is 745. The summed E-state index contributed by atoms with van der Waals surface area (Å²) in [7, 11) is 0. The molecule has 0 atom stereocenters. The number of morpholine rings is 1. The van der Waals surface area contributed by atoms with E-state index in [-0.39, 0.29) is 5.91 Å². The lowest BCUT2D eigenvalue weighted by Crippen LogP contribution is -2.37. The molecule has 1 saturated heterocycles. The lowest BCUT2D eigenvalue weighted by Gasteiger charge is -2.27. The van der Waals surface area contributed by atoms with Crippen molar-refractivity contribution in [2.45, 2.75) is 13.8 Å². The maximum Gasteiger partial charge on any atom is 0.248 e. The van der Waals surface area contributed by atoms with Gasteiger partial charge in [-0.05, 0) is 25.5 Å². The summed E-state index contributed by atoms with van der Waals surface area (Å²) in [6.45, 7) is 6.70. The average molecular weight is 338 g/mol. The lowest BCUT2D eigenvalue weighted by atomic mass is 10.2. The molecule has 1 amide bonds. The number of amides is 1. The molecule has 0 aliphatic carbocycles. The largest absolute Gasteiger partial charge is 0.378 e. The molecule has 0 saturated carbocycles. The summed E-state index contributed by atoms with van der Waals surface area (Å²) in [5, 5.41) is 2.88. The van der Waals surface area contributed by atoms with Crippen molar-refractivity contribution in [1.29, 1.82) is 0 Å². The van der Waals surface area contributed by atoms with Gasteiger partial charge >= 0.3 is 0 Å². The molecular weight excluding hydrogens is 316 g/mol. The minimum absolute atomic E-state index is 0.197. The first-order valence-electron chi connectivity index (χ1n) is 8.35. The summed E-state index contributed by atoms with van der Waals surface area (Å²) in [6, 6.07) is 9.70. The molecule has 1 aromatic carbocycles. The van der Waals surface area contributed by atoms with Gasteiger partial charge < -0.3 is 15.0 Å². The van der Waals surface area contributed by atoms with E-state index in [4.69, 9.17) is 4.74 Å². The van der Waals surface area contributed by atoms with Crippen LogP contribution in [-0.4, -0.2) is 42.2 Å². The van der Waals surface area contributed by atoms with E-state index in [1.165, 1.54) is 6.08 Å². The molecule has 1 aliphatic rings. The van der Waals surface area contributed by atoms with Gasteiger partial charge in [-0.3, -0.25) is 4.79 Å². The molecule has 6 nitrogen and oxygen atoms in total. The van der Waals surface area contributed by atoms with Gasteiger partial charge in [0.15, 0.2) is 0 Å². The van der Waals surface area contributed by atoms with Gasteiger partial charge in [-0.2, -0.15) is 0 Å². The SMILES string of the molecule is Cc1nc(N2CCOCC2)nc(C)c1NC(=O)/C=C/c1ccccc1. The Hall–Kier alpha value is -2.73. The van der Waals surface area contributed by atoms with Crippen molar-refractivity contribution in [2.24, 2.45) is 0 Å². The number of aryl methyl sites for hydroxylation is 2. The van der Waals surface area contributed by atoms with Crippen LogP contribution in [0.5, 0.6) is 0 Å². The fraction of sp³-hybridized carbons (Fsp3) is 0.316. The number of aromatic nitrogens is 2. The first kappa shape index (κ1) is 17.1. The first-order chi connectivity index (χ1) is 12.1. The molecule has 2 aromatic rings. The Morgan fingerprint density at radius 1 is 1.12 bits per heavy atom. The van der Waals surface area contributed by atoms with Crippen LogP contribution in [0.3, 0.4) is 0 Å². The smallest absolute Gasteiger partial charge is 0.248 e. The predicted molar refractivity (Wildman–Crippen MR) is 98.6 cm³/mol. The molecular formula is C19H22N4O2. The van der Waals surface area contributed by atoms with Gasteiger partial charge in [0.1, 0.15) is 0 Å². The summed E-state index contributed by atoms with van der Waals surface area (Å²) < 4.78 is 5.36. The standard InChI is InChI=1S/C19H22N4O2/c1-14-18(22-17(24)9-8-16-6-4-3-5-7-16)15(2)21-19(20-14)23-10-12-25-13-11-23/h3-9H,10-13H2,1-2H3,(H,22,24)/b9-8+. The van der Waals surface area contributed by atoms with E-state index < -0.39 is 0 Å². The van der Waals surface area contributed by atoms with Crippen LogP contribution in [0.15, 0.2) is 36.4 Å². The van der Waals surface area contributed by atoms with E-state index in [1.807, 2.05) is 44.2 Å². The maximum absolute atomic E-state index is 12.2. The van der Waals surface area contributed by atoms with Crippen LogP contribution < -0.4 is 10.2 Å². The third-order valence-electron chi connectivity index (χ3n) is 4.03. The molecule has 25 heavy (non-hydrogen) atoms. The second-order valence-electron chi connectivity index (χ2n) is 5.90. The monoisotopic (exact) mass is 338 g/mol. The molecule has 6 heteroatoms. The van der Waals surface area contributed by atoms with E-state index >= 15 is 0 Å². The van der Waals surface area contributed by atoms with Gasteiger partial charge in [0.05, 0.1) is 30.3 Å². The van der Waals surface area contributed by atoms with Crippen LogP contribution >= 0.6 is 0 Å². The number of carbonyl (C=O) groups excluding carboxylic acids is 1. The maximum atomic E-state index is 12.2. The Kier molecular flexibility index (Phi) is 5.40. The third kappa shape index (κ3) is 4.42. The summed E-state index contributed by atoms with van der Waals surface area (Å²) in [5.41, 5.74) is 3.16. The van der Waals surface area contributed by atoms with Crippen molar-refractivity contribution >= 4 is 23.6 Å². The highest BCUT2D eigenvalue weighted by molar-refractivity contribution is 6.02. The summed E-state index contributed by atoms with van der Waals surface area (Å²) >= 11 is 0. The lowest BCUT2D eigenvalue weighted by molar-refractivity contribution is -0.111. The topological polar surface area (TPSA) is 67.3 Å². The van der Waals surface area contributed by atoms with Crippen LogP contribution in [0.1, 0.15) is 17.0 Å². The minimum Gasteiger partial charge on any atom is -0.378 e. The van der Waals surface area contributed by atoms with Crippen molar-refractivity contribution in [3.8, 4) is 0 Å². The zero-order chi connectivity index (χ0) is 17.6. The zero-order valence-corrected chi connectivity index (χ0v) is 14.5. The number of nitrogens with zero attached hydrogens (tertiary/aromatic N) is 3. The Morgan fingerprint density at radius 3 is 2.40 bits per heavy atom. The van der Waals surface area contributed by atoms with Gasteiger partial charge in [0.2, 0.25) is 11.9 Å². The van der Waals surface area contributed by atoms with Crippen LogP contribution in [-0.2, 0) is 9.53 Å². The number of carbonyl (C=O) groups is 1. The molecule has 2 heterocycles. The number of nitrogens with one attached hydrogen (secondary N) is 1. The van der Waals surface area contributed by atoms with Crippen LogP contribution in [0.4, 0.5) is 11.6 Å². The molecule has 130 valence electrons. The van der Waals surface area contributed by atoms with Gasteiger partial charge in [-0.25, -0.2) is 9.97 Å². The third-order valence-corrected chi connectivity index (χ3v) is 4.03. The predicted octanol–water partition coefficient (Wildman–Crippen LogP) is 2.58. The second kappa shape index (κ2) is 7.90. The molecule has 0 unspecified atom stereocenters. The highest BCUT2D eigenvalue weighted by Gasteiger charge is 2.17. The first-order valence-corrected chi connectivity index (χ1v) is 8.35. The van der Waals surface area contributed by atoms with E-state index in [1.54, 1.807) is 6.08 Å². The van der Waals surface area contributed by atoms with Crippen LogP contribution in [0.2, 0.25) is 0 Å². The number of hydrogen-bond acceptors (Lipinski definition) is 5. The van der Waals surface area contributed by atoms with Crippen molar-refractivity contribution in [3.05, 3.63) is 53.4 Å². The average Bonchev–Trinajstić information content (AvgIpc) is 2.64. The molecule has 1 aliphatic heterocycles. The van der Waals surface area contributed by atoms with Gasteiger partial charge in [-0.15, -0.1) is 0 Å². The van der Waals surface area contributed by atoms with Crippen molar-refractivity contribution in [1.82, 2.24) is 9.97 Å². The molecule has 1 aromatic heterocycles. The van der Waals surface area contributed by atoms with E-state index in [9.17, 15) is 4.79 Å². The Morgan fingerprint density at radius 2 is 1.76 bits per heavy atom. The number of rotatable bonds is 4. The van der Waals surface area contributed by atoms with Crippen LogP contribution in [0.25, 0.3) is 6.08 Å². The Labute approximate surface area is 147 Å². The fourth-order valence-corrected chi connectivity index (χ4v) is 2.69. The van der Waals surface area contributed by atoms with Gasteiger partial charge in [0, 0.05) is 19.2 Å². The summed E-state index contributed by atoms with van der Waals surface area (Å²) in [6.07, 6.45) is 3.30. The molecule has 0 radical (unpaired) electrons. The number of hydrogen-bond donors (Lipinski definition) is 1. The summed E-state index contributed by atoms with van der Waals surface area (Å²) in [5.74, 6) is 0.494. The van der Waals surface area contributed by atoms with Gasteiger partial charge in [0.25, 0.3) is 0 Å². The molecule has 0 spiro atoms. The normalized spacial score (nSPS) is 14.7. The van der Waals surface area contributed by atoms with E-state index in [0.29, 0.717) is 24.8 Å². The Balaban J connectivity index is 1.71. The van der Waals surface area contributed by atoms with Crippen molar-refractivity contribution in [3.63, 3.8) is 0 Å². The molecule has 0 bridgehead atoms. The zero-order valence-electron chi connectivity index (χ0n) is 14.5. The highest BCUT2D eigenvalue weighted by Crippen LogP contribution is 2.21. The fourth-order valence-electron chi connectivity index (χ4n) is 2.69. The van der Waals surface area contributed by atoms with E-state index in [0.717, 1.165) is 30.0 Å². The van der Waals surface area contributed by atoms with Crippen molar-refractivity contribution < 1.29 is 9.53 Å². The highest BCUT2D eigenvalue weighted by atomic mass is 16.5. The number of anilines is 2. The second-order valence-corrected chi connectivity index (χ2v) is 5.90. The number of ether oxygens (including phenoxy) is 1. The van der Waals surface area contributed by atoms with Crippen LogP contribution in [0, 0.1) is 13.8 Å². The van der Waals surface area contributed by atoms with Gasteiger partial charge in [-0.1, -0.05) is 30.3 Å². The van der Waals surface area contributed by atoms with E-state index in [2.05, 4.69) is 20.2 Å². The van der Waals surface area contributed by atoms with Crippen molar-refractivity contribution in [2.75, 3.05) is 36.5 Å². The molecule has 3 rings (SSSR count). The molecule has 1 fully saturated rings. The number of benzene rings is 1. The minimum atomic E-state index is -0.197. The summed E-state index contributed by atoms with van der Waals surface area (Å²) in [4.78, 5) is 23.4. The molecule has 1 N–H and O–H groups in total. The quantitative estimate of drug-likeness (QED) is 0.868.